The van der Waals surface area contributed by atoms with Crippen molar-refractivity contribution in [2.24, 2.45) is 4.99 Å². The number of amidine groups is 1. The topological polar surface area (TPSA) is 32.7 Å². The van der Waals surface area contributed by atoms with Gasteiger partial charge in [-0.05, 0) is 60.2 Å². The SMILES string of the molecule is O=C1/C(=C\c2ccc(Br)cc2)N=C(c2ccccc2Cl)N1c1ccc(Cl)cc1. The van der Waals surface area contributed by atoms with E-state index < -0.39 is 0 Å². The molecule has 0 saturated heterocycles. The molecule has 0 atom stereocenters. The van der Waals surface area contributed by atoms with Crippen LogP contribution in [0, 0.1) is 0 Å². The molecule has 1 aliphatic heterocycles. The van der Waals surface area contributed by atoms with E-state index in [0.717, 1.165) is 10.0 Å². The molecule has 0 spiro atoms. The van der Waals surface area contributed by atoms with Crippen LogP contribution in [0.5, 0.6) is 0 Å². The number of amides is 1. The summed E-state index contributed by atoms with van der Waals surface area (Å²) in [4.78, 5) is 19.4. The number of hydrogen-bond acceptors (Lipinski definition) is 2. The molecule has 3 aromatic carbocycles. The number of benzene rings is 3. The Kier molecular flexibility index (Phi) is 5.36. The molecule has 0 aromatic heterocycles. The lowest BCUT2D eigenvalue weighted by Crippen LogP contribution is -2.32. The number of nitrogens with zero attached hydrogens (tertiary/aromatic N) is 2. The third-order valence-corrected chi connectivity index (χ3v) is 5.34. The summed E-state index contributed by atoms with van der Waals surface area (Å²) < 4.78 is 0.968. The Balaban J connectivity index is 1.84. The summed E-state index contributed by atoms with van der Waals surface area (Å²) in [5, 5.41) is 1.12. The highest BCUT2D eigenvalue weighted by Crippen LogP contribution is 2.31. The fourth-order valence-corrected chi connectivity index (χ4v) is 3.50. The molecule has 1 amide bonds. The quantitative estimate of drug-likeness (QED) is 0.396. The Bertz CT molecular complexity index is 1110. The molecule has 0 bridgehead atoms. The second-order valence-corrected chi connectivity index (χ2v) is 7.87. The van der Waals surface area contributed by atoms with Crippen LogP contribution >= 0.6 is 39.1 Å². The minimum atomic E-state index is -0.222. The van der Waals surface area contributed by atoms with E-state index in [1.807, 2.05) is 42.5 Å². The van der Waals surface area contributed by atoms with Crippen LogP contribution in [0.2, 0.25) is 10.0 Å². The molecule has 0 radical (unpaired) electrons. The van der Waals surface area contributed by atoms with Crippen molar-refractivity contribution in [1.82, 2.24) is 0 Å². The first-order valence-corrected chi connectivity index (χ1v) is 9.99. The fourth-order valence-electron chi connectivity index (χ4n) is 2.89. The van der Waals surface area contributed by atoms with Crippen LogP contribution < -0.4 is 4.90 Å². The molecule has 138 valence electrons. The van der Waals surface area contributed by atoms with E-state index in [0.29, 0.717) is 32.8 Å². The summed E-state index contributed by atoms with van der Waals surface area (Å²) >= 11 is 15.8. The van der Waals surface area contributed by atoms with Gasteiger partial charge in [-0.1, -0.05) is 63.4 Å². The fraction of sp³-hybridized carbons (Fsp3) is 0. The summed E-state index contributed by atoms with van der Waals surface area (Å²) in [7, 11) is 0. The van der Waals surface area contributed by atoms with E-state index in [4.69, 9.17) is 23.2 Å². The molecule has 3 aromatic rings. The van der Waals surface area contributed by atoms with E-state index >= 15 is 0 Å². The Labute approximate surface area is 181 Å². The molecule has 6 heteroatoms. The van der Waals surface area contributed by atoms with Gasteiger partial charge in [0.2, 0.25) is 0 Å². The molecule has 3 nitrogen and oxygen atoms in total. The average Bonchev–Trinajstić information content (AvgIpc) is 3.01. The van der Waals surface area contributed by atoms with Crippen LogP contribution in [0.25, 0.3) is 6.08 Å². The number of hydrogen-bond donors (Lipinski definition) is 0. The Morgan fingerprint density at radius 3 is 2.25 bits per heavy atom. The van der Waals surface area contributed by atoms with Crippen LogP contribution in [0.4, 0.5) is 5.69 Å². The van der Waals surface area contributed by atoms with Gasteiger partial charge in [0.05, 0.1) is 10.7 Å². The van der Waals surface area contributed by atoms with Crippen LogP contribution in [0.1, 0.15) is 11.1 Å². The Morgan fingerprint density at radius 1 is 0.893 bits per heavy atom. The summed E-state index contributed by atoms with van der Waals surface area (Å²) in [5.41, 5.74) is 2.58. The molecule has 1 heterocycles. The van der Waals surface area contributed by atoms with Crippen LogP contribution in [-0.2, 0) is 4.79 Å². The van der Waals surface area contributed by atoms with Gasteiger partial charge in [0.25, 0.3) is 5.91 Å². The van der Waals surface area contributed by atoms with Gasteiger partial charge in [0, 0.05) is 15.1 Å². The van der Waals surface area contributed by atoms with Crippen LogP contribution in [0.3, 0.4) is 0 Å². The largest absolute Gasteiger partial charge is 0.282 e. The van der Waals surface area contributed by atoms with E-state index in [-0.39, 0.29) is 5.91 Å². The zero-order valence-electron chi connectivity index (χ0n) is 14.4. The zero-order valence-corrected chi connectivity index (χ0v) is 17.5. The third-order valence-electron chi connectivity index (χ3n) is 4.23. The number of carbonyl (C=O) groups excluding carboxylic acids is 1. The zero-order chi connectivity index (χ0) is 19.7. The van der Waals surface area contributed by atoms with E-state index in [1.165, 1.54) is 0 Å². The maximum atomic E-state index is 13.2. The third kappa shape index (κ3) is 3.76. The number of anilines is 1. The number of aliphatic imine (C=N–C) groups is 1. The molecule has 28 heavy (non-hydrogen) atoms. The van der Waals surface area contributed by atoms with Crippen LogP contribution in [-0.4, -0.2) is 11.7 Å². The highest BCUT2D eigenvalue weighted by Gasteiger charge is 2.33. The summed E-state index contributed by atoms with van der Waals surface area (Å²) in [6.07, 6.45) is 1.77. The molecule has 1 aliphatic rings. The summed E-state index contributed by atoms with van der Waals surface area (Å²) in [5.74, 6) is 0.265. The average molecular weight is 472 g/mol. The maximum Gasteiger partial charge on any atom is 0.282 e. The maximum absolute atomic E-state index is 13.2. The minimum Gasteiger partial charge on any atom is -0.266 e. The first-order valence-electron chi connectivity index (χ1n) is 8.44. The summed E-state index contributed by atoms with van der Waals surface area (Å²) in [6, 6.07) is 22.1. The normalized spacial score (nSPS) is 15.2. The van der Waals surface area contributed by atoms with Gasteiger partial charge in [-0.25, -0.2) is 4.99 Å². The van der Waals surface area contributed by atoms with Crippen molar-refractivity contribution in [3.63, 3.8) is 0 Å². The Hall–Kier alpha value is -2.40. The Morgan fingerprint density at radius 2 is 1.57 bits per heavy atom. The molecule has 0 unspecified atom stereocenters. The molecular formula is C22H13BrCl2N2O. The smallest absolute Gasteiger partial charge is 0.266 e. The molecule has 0 aliphatic carbocycles. The van der Waals surface area contributed by atoms with Gasteiger partial charge in [-0.15, -0.1) is 0 Å². The second kappa shape index (κ2) is 7.92. The van der Waals surface area contributed by atoms with Gasteiger partial charge in [-0.3, -0.25) is 9.69 Å². The standard InChI is InChI=1S/C22H13BrCl2N2O/c23-15-7-5-14(6-8-15)13-20-22(28)27(17-11-9-16(24)10-12-17)21(26-20)18-3-1-2-4-19(18)25/h1-13H/b20-13+. The number of halogens is 3. The van der Waals surface area contributed by atoms with Crippen molar-refractivity contribution in [3.8, 4) is 0 Å². The van der Waals surface area contributed by atoms with E-state index in [1.54, 1.807) is 41.3 Å². The number of rotatable bonds is 3. The van der Waals surface area contributed by atoms with Gasteiger partial charge >= 0.3 is 0 Å². The predicted octanol–water partition coefficient (Wildman–Crippen LogP) is 6.59. The first kappa shape index (κ1) is 18.9. The molecule has 0 fully saturated rings. The summed E-state index contributed by atoms with van der Waals surface area (Å²) in [6.45, 7) is 0. The molecular weight excluding hydrogens is 459 g/mol. The number of carbonyl (C=O) groups is 1. The van der Waals surface area contributed by atoms with Crippen molar-refractivity contribution >= 4 is 62.6 Å². The monoisotopic (exact) mass is 470 g/mol. The van der Waals surface area contributed by atoms with Crippen molar-refractivity contribution < 1.29 is 4.79 Å². The lowest BCUT2D eigenvalue weighted by Gasteiger charge is -2.19. The van der Waals surface area contributed by atoms with Gasteiger partial charge < -0.3 is 0 Å². The van der Waals surface area contributed by atoms with Crippen LogP contribution in [0.15, 0.2) is 88.0 Å². The minimum absolute atomic E-state index is 0.222. The van der Waals surface area contributed by atoms with E-state index in [2.05, 4.69) is 20.9 Å². The van der Waals surface area contributed by atoms with Crippen molar-refractivity contribution in [2.45, 2.75) is 0 Å². The highest BCUT2D eigenvalue weighted by molar-refractivity contribution is 9.10. The lowest BCUT2D eigenvalue weighted by molar-refractivity contribution is -0.113. The van der Waals surface area contributed by atoms with E-state index in [9.17, 15) is 4.79 Å². The molecule has 4 rings (SSSR count). The molecule has 0 saturated carbocycles. The first-order chi connectivity index (χ1) is 13.5. The van der Waals surface area contributed by atoms with Crippen molar-refractivity contribution in [2.75, 3.05) is 4.90 Å². The van der Waals surface area contributed by atoms with Crippen molar-refractivity contribution in [3.05, 3.63) is 104 Å². The lowest BCUT2D eigenvalue weighted by atomic mass is 10.1. The molecule has 0 N–H and O–H groups in total. The second-order valence-electron chi connectivity index (χ2n) is 6.11. The van der Waals surface area contributed by atoms with Gasteiger partial charge in [0.15, 0.2) is 0 Å². The highest BCUT2D eigenvalue weighted by atomic mass is 79.9. The van der Waals surface area contributed by atoms with Gasteiger partial charge in [0.1, 0.15) is 11.5 Å². The van der Waals surface area contributed by atoms with Crippen molar-refractivity contribution in [1.29, 1.82) is 0 Å². The van der Waals surface area contributed by atoms with Gasteiger partial charge in [-0.2, -0.15) is 0 Å². The predicted molar refractivity (Wildman–Crippen MR) is 119 cm³/mol.